The Morgan fingerprint density at radius 3 is 2.33 bits per heavy atom. The minimum atomic E-state index is -0.340. The van der Waals surface area contributed by atoms with E-state index in [1.165, 1.54) is 11.1 Å². The molecule has 1 aromatic rings. The molecule has 0 saturated carbocycles. The lowest BCUT2D eigenvalue weighted by Gasteiger charge is -2.17. The maximum absolute atomic E-state index is 11.8. The minimum Gasteiger partial charge on any atom is -0.486 e. The van der Waals surface area contributed by atoms with E-state index >= 15 is 0 Å². The summed E-state index contributed by atoms with van der Waals surface area (Å²) >= 11 is 0. The molecule has 0 amide bonds. The molecule has 18 heavy (non-hydrogen) atoms. The summed E-state index contributed by atoms with van der Waals surface area (Å²) in [6, 6.07) is 6.03. The fourth-order valence-corrected chi connectivity index (χ4v) is 1.75. The van der Waals surface area contributed by atoms with Gasteiger partial charge in [0, 0.05) is 5.41 Å². The first-order valence-corrected chi connectivity index (χ1v) is 6.48. The molecule has 0 bridgehead atoms. The molecule has 2 heteroatoms. The number of aryl methyl sites for hydroxylation is 1. The fourth-order valence-electron chi connectivity index (χ4n) is 1.75. The van der Waals surface area contributed by atoms with Gasteiger partial charge in [0.1, 0.15) is 12.4 Å². The second kappa shape index (κ2) is 5.55. The Bertz CT molecular complexity index is 425. The number of rotatable bonds is 4. The molecule has 1 aromatic carbocycles. The highest BCUT2D eigenvalue weighted by atomic mass is 16.5. The highest BCUT2D eigenvalue weighted by Crippen LogP contribution is 2.24. The maximum atomic E-state index is 11.8. The van der Waals surface area contributed by atoms with Crippen molar-refractivity contribution in [2.45, 2.75) is 47.5 Å². The van der Waals surface area contributed by atoms with Gasteiger partial charge in [-0.05, 0) is 36.1 Å². The van der Waals surface area contributed by atoms with Crippen LogP contribution in [-0.2, 0) is 4.79 Å². The zero-order valence-electron chi connectivity index (χ0n) is 12.3. The Morgan fingerprint density at radius 1 is 1.28 bits per heavy atom. The Hall–Kier alpha value is -1.31. The van der Waals surface area contributed by atoms with Crippen molar-refractivity contribution < 1.29 is 9.53 Å². The summed E-state index contributed by atoms with van der Waals surface area (Å²) in [7, 11) is 0. The van der Waals surface area contributed by atoms with E-state index in [0.29, 0.717) is 5.92 Å². The second-order valence-electron chi connectivity index (χ2n) is 6.13. The average molecular weight is 248 g/mol. The third-order valence-corrected chi connectivity index (χ3v) is 3.07. The molecule has 100 valence electrons. The number of hydrogen-bond donors (Lipinski definition) is 0. The van der Waals surface area contributed by atoms with Crippen LogP contribution in [0.5, 0.6) is 5.75 Å². The van der Waals surface area contributed by atoms with Crippen LogP contribution >= 0.6 is 0 Å². The molecule has 2 nitrogen and oxygen atoms in total. The Balaban J connectivity index is 2.70. The average Bonchev–Trinajstić information content (AvgIpc) is 2.24. The molecular formula is C16H24O2. The monoisotopic (exact) mass is 248 g/mol. The lowest BCUT2D eigenvalue weighted by Crippen LogP contribution is -2.26. The summed E-state index contributed by atoms with van der Waals surface area (Å²) in [5.74, 6) is 1.40. The maximum Gasteiger partial charge on any atom is 0.175 e. The molecule has 1 rings (SSSR count). The number of Topliss-reactive ketones (excluding diaryl/α,β-unsaturated/α-hetero) is 1. The molecule has 0 aliphatic heterocycles. The molecular weight excluding hydrogens is 224 g/mol. The summed E-state index contributed by atoms with van der Waals surface area (Å²) in [6.45, 7) is 12.3. The molecule has 0 saturated heterocycles. The van der Waals surface area contributed by atoms with Crippen molar-refractivity contribution in [3.8, 4) is 5.75 Å². The van der Waals surface area contributed by atoms with Crippen molar-refractivity contribution in [2.75, 3.05) is 6.61 Å². The van der Waals surface area contributed by atoms with Crippen LogP contribution in [0.2, 0.25) is 0 Å². The molecule has 0 fully saturated rings. The van der Waals surface area contributed by atoms with Gasteiger partial charge in [-0.2, -0.15) is 0 Å². The highest BCUT2D eigenvalue weighted by molar-refractivity contribution is 5.85. The third kappa shape index (κ3) is 3.86. The molecule has 0 radical (unpaired) electrons. The first-order valence-electron chi connectivity index (χ1n) is 6.48. The first-order chi connectivity index (χ1) is 8.21. The van der Waals surface area contributed by atoms with Crippen LogP contribution in [0, 0.1) is 12.3 Å². The van der Waals surface area contributed by atoms with Crippen molar-refractivity contribution in [3.05, 3.63) is 29.3 Å². The smallest absolute Gasteiger partial charge is 0.175 e. The van der Waals surface area contributed by atoms with Crippen LogP contribution in [0.15, 0.2) is 18.2 Å². The topological polar surface area (TPSA) is 26.3 Å². The van der Waals surface area contributed by atoms with Gasteiger partial charge >= 0.3 is 0 Å². The standard InChI is InChI=1S/C16H24O2/c1-11(2)14-8-7-13(9-12(14)3)18-10-15(17)16(4,5)6/h7-9,11H,10H2,1-6H3. The number of ether oxygens (including phenoxy) is 1. The summed E-state index contributed by atoms with van der Waals surface area (Å²) in [5.41, 5.74) is 2.20. The van der Waals surface area contributed by atoms with Gasteiger partial charge in [-0.25, -0.2) is 0 Å². The van der Waals surface area contributed by atoms with Crippen LogP contribution in [-0.4, -0.2) is 12.4 Å². The quantitative estimate of drug-likeness (QED) is 0.801. The van der Waals surface area contributed by atoms with Crippen LogP contribution in [0.4, 0.5) is 0 Å². The Morgan fingerprint density at radius 2 is 1.89 bits per heavy atom. The first kappa shape index (κ1) is 14.7. The van der Waals surface area contributed by atoms with Gasteiger partial charge in [-0.15, -0.1) is 0 Å². The number of carbonyl (C=O) groups is 1. The van der Waals surface area contributed by atoms with Crippen molar-refractivity contribution in [1.29, 1.82) is 0 Å². The van der Waals surface area contributed by atoms with Crippen LogP contribution in [0.25, 0.3) is 0 Å². The highest BCUT2D eigenvalue weighted by Gasteiger charge is 2.21. The van der Waals surface area contributed by atoms with E-state index in [-0.39, 0.29) is 17.8 Å². The number of ketones is 1. The predicted molar refractivity (Wildman–Crippen MR) is 75.2 cm³/mol. The number of hydrogen-bond acceptors (Lipinski definition) is 2. The van der Waals surface area contributed by atoms with Gasteiger partial charge in [0.25, 0.3) is 0 Å². The Labute approximate surface area is 110 Å². The Kier molecular flexibility index (Phi) is 4.55. The molecule has 0 spiro atoms. The van der Waals surface area contributed by atoms with E-state index in [0.717, 1.165) is 5.75 Å². The largest absolute Gasteiger partial charge is 0.486 e. The van der Waals surface area contributed by atoms with Crippen molar-refractivity contribution >= 4 is 5.78 Å². The number of benzene rings is 1. The van der Waals surface area contributed by atoms with Crippen molar-refractivity contribution in [1.82, 2.24) is 0 Å². The van der Waals surface area contributed by atoms with E-state index in [1.54, 1.807) is 0 Å². The zero-order valence-corrected chi connectivity index (χ0v) is 12.3. The molecule has 0 unspecified atom stereocenters. The fraction of sp³-hybridized carbons (Fsp3) is 0.562. The summed E-state index contributed by atoms with van der Waals surface area (Å²) < 4.78 is 5.56. The van der Waals surface area contributed by atoms with Crippen LogP contribution in [0.3, 0.4) is 0 Å². The lowest BCUT2D eigenvalue weighted by atomic mass is 9.91. The molecule has 0 N–H and O–H groups in total. The summed E-state index contributed by atoms with van der Waals surface area (Å²) in [4.78, 5) is 11.8. The number of carbonyl (C=O) groups excluding carboxylic acids is 1. The lowest BCUT2D eigenvalue weighted by molar-refractivity contribution is -0.128. The summed E-state index contributed by atoms with van der Waals surface area (Å²) in [6.07, 6.45) is 0. The SMILES string of the molecule is Cc1cc(OCC(=O)C(C)(C)C)ccc1C(C)C. The van der Waals surface area contributed by atoms with Crippen molar-refractivity contribution in [2.24, 2.45) is 5.41 Å². The predicted octanol–water partition coefficient (Wildman–Crippen LogP) is 4.11. The zero-order chi connectivity index (χ0) is 13.9. The van der Waals surface area contributed by atoms with Gasteiger partial charge in [0.2, 0.25) is 0 Å². The van der Waals surface area contributed by atoms with Crippen LogP contribution in [0.1, 0.15) is 51.7 Å². The molecule has 0 atom stereocenters. The van der Waals surface area contributed by atoms with Gasteiger partial charge in [-0.1, -0.05) is 40.7 Å². The van der Waals surface area contributed by atoms with E-state index < -0.39 is 0 Å². The van der Waals surface area contributed by atoms with Gasteiger partial charge in [-0.3, -0.25) is 4.79 Å². The third-order valence-electron chi connectivity index (χ3n) is 3.07. The molecule has 0 aliphatic rings. The van der Waals surface area contributed by atoms with Gasteiger partial charge in [0.15, 0.2) is 5.78 Å². The van der Waals surface area contributed by atoms with E-state index in [1.807, 2.05) is 32.9 Å². The van der Waals surface area contributed by atoms with Gasteiger partial charge < -0.3 is 4.74 Å². The van der Waals surface area contributed by atoms with E-state index in [4.69, 9.17) is 4.74 Å². The van der Waals surface area contributed by atoms with E-state index in [2.05, 4.69) is 26.8 Å². The van der Waals surface area contributed by atoms with Gasteiger partial charge in [0.05, 0.1) is 0 Å². The van der Waals surface area contributed by atoms with Crippen LogP contribution < -0.4 is 4.74 Å². The molecule has 0 heterocycles. The summed E-state index contributed by atoms with van der Waals surface area (Å²) in [5, 5.41) is 0. The molecule has 0 aromatic heterocycles. The molecule has 0 aliphatic carbocycles. The van der Waals surface area contributed by atoms with E-state index in [9.17, 15) is 4.79 Å². The minimum absolute atomic E-state index is 0.119. The van der Waals surface area contributed by atoms with Crippen molar-refractivity contribution in [3.63, 3.8) is 0 Å². The normalized spacial score (nSPS) is 11.7. The second-order valence-corrected chi connectivity index (χ2v) is 6.13.